The number of carbonyl (C=O) groups excluding carboxylic acids is 2. The molecule has 0 unspecified atom stereocenters. The lowest BCUT2D eigenvalue weighted by Gasteiger charge is -2.28. The van der Waals surface area contributed by atoms with Crippen molar-refractivity contribution in [3.63, 3.8) is 0 Å². The van der Waals surface area contributed by atoms with Crippen LogP contribution in [0.25, 0.3) is 10.9 Å². The van der Waals surface area contributed by atoms with Gasteiger partial charge in [0.05, 0.1) is 10.9 Å². The fourth-order valence-electron chi connectivity index (χ4n) is 2.99. The summed E-state index contributed by atoms with van der Waals surface area (Å²) in [4.78, 5) is 29.8. The first-order chi connectivity index (χ1) is 10.1. The van der Waals surface area contributed by atoms with Gasteiger partial charge in [-0.15, -0.1) is 0 Å². The van der Waals surface area contributed by atoms with Crippen LogP contribution in [0.2, 0.25) is 0 Å². The maximum absolute atomic E-state index is 13.1. The molecule has 0 aliphatic heterocycles. The van der Waals surface area contributed by atoms with Crippen LogP contribution in [0.4, 0.5) is 0 Å². The number of Topliss-reactive ketones (excluding diaryl/α,β-unsaturated/α-hetero) is 2. The molecule has 0 atom stereocenters. The minimum Gasteiger partial charge on any atom is -0.299 e. The number of aromatic nitrogens is 1. The first-order valence-electron chi connectivity index (χ1n) is 7.52. The summed E-state index contributed by atoms with van der Waals surface area (Å²) in [6.45, 7) is 5.65. The van der Waals surface area contributed by atoms with Gasteiger partial charge in [0.2, 0.25) is 0 Å². The van der Waals surface area contributed by atoms with Crippen molar-refractivity contribution in [2.24, 2.45) is 5.41 Å². The summed E-state index contributed by atoms with van der Waals surface area (Å²) in [5.74, 6) is -0.0451. The Balaban J connectivity index is 2.62. The Labute approximate surface area is 125 Å². The molecule has 1 aromatic carbocycles. The van der Waals surface area contributed by atoms with Crippen LogP contribution in [0.15, 0.2) is 36.5 Å². The summed E-state index contributed by atoms with van der Waals surface area (Å²) in [7, 11) is 0. The van der Waals surface area contributed by atoms with Crippen LogP contribution in [-0.4, -0.2) is 16.6 Å². The average molecular weight is 283 g/mol. The lowest BCUT2D eigenvalue weighted by molar-refractivity contribution is -0.126. The molecule has 110 valence electrons. The number of pyridine rings is 1. The fourth-order valence-corrected chi connectivity index (χ4v) is 2.99. The van der Waals surface area contributed by atoms with Gasteiger partial charge in [-0.1, -0.05) is 39.0 Å². The zero-order valence-electron chi connectivity index (χ0n) is 12.8. The second kappa shape index (κ2) is 6.17. The number of benzene rings is 1. The normalized spacial score (nSPS) is 11.6. The Morgan fingerprint density at radius 2 is 1.76 bits per heavy atom. The van der Waals surface area contributed by atoms with Crippen molar-refractivity contribution in [3.8, 4) is 0 Å². The Morgan fingerprint density at radius 3 is 2.38 bits per heavy atom. The van der Waals surface area contributed by atoms with Gasteiger partial charge in [0.1, 0.15) is 5.78 Å². The van der Waals surface area contributed by atoms with E-state index in [9.17, 15) is 9.59 Å². The molecule has 0 N–H and O–H groups in total. The molecule has 0 aliphatic carbocycles. The molecule has 0 saturated carbocycles. The highest BCUT2D eigenvalue weighted by Crippen LogP contribution is 2.35. The van der Waals surface area contributed by atoms with E-state index in [0.29, 0.717) is 24.8 Å². The van der Waals surface area contributed by atoms with Crippen LogP contribution in [0.5, 0.6) is 0 Å². The summed E-state index contributed by atoms with van der Waals surface area (Å²) >= 11 is 0. The standard InChI is InChI=1S/C18H21NO2/c1-4-16(20)18(5-2,6-3)17(21)14-9-7-11-15-13(14)10-8-12-19-15/h7-12H,4-6H2,1-3H3. The SMILES string of the molecule is CCC(=O)C(CC)(CC)C(=O)c1cccc2ncccc12. The summed E-state index contributed by atoms with van der Waals surface area (Å²) in [5.41, 5.74) is 0.485. The van der Waals surface area contributed by atoms with Crippen molar-refractivity contribution in [1.29, 1.82) is 0 Å². The number of fused-ring (bicyclic) bond motifs is 1. The fraction of sp³-hybridized carbons (Fsp3) is 0.389. The molecule has 3 nitrogen and oxygen atoms in total. The predicted molar refractivity (Wildman–Crippen MR) is 84.4 cm³/mol. The molecule has 2 aromatic rings. The number of hydrogen-bond acceptors (Lipinski definition) is 3. The lowest BCUT2D eigenvalue weighted by atomic mass is 9.71. The first kappa shape index (κ1) is 15.4. The largest absolute Gasteiger partial charge is 0.299 e. The molecule has 0 amide bonds. The van der Waals surface area contributed by atoms with E-state index < -0.39 is 5.41 Å². The van der Waals surface area contributed by atoms with Gasteiger partial charge in [-0.05, 0) is 25.0 Å². The average Bonchev–Trinajstić information content (AvgIpc) is 2.55. The smallest absolute Gasteiger partial charge is 0.177 e. The molecule has 0 saturated heterocycles. The quantitative estimate of drug-likeness (QED) is 0.589. The molecule has 0 radical (unpaired) electrons. The van der Waals surface area contributed by atoms with Crippen LogP contribution < -0.4 is 0 Å². The number of nitrogens with zero attached hydrogens (tertiary/aromatic N) is 1. The van der Waals surface area contributed by atoms with Gasteiger partial charge in [0, 0.05) is 23.6 Å². The predicted octanol–water partition coefficient (Wildman–Crippen LogP) is 4.20. The first-order valence-corrected chi connectivity index (χ1v) is 7.52. The van der Waals surface area contributed by atoms with E-state index in [0.717, 1.165) is 10.9 Å². The van der Waals surface area contributed by atoms with Gasteiger partial charge in [0.15, 0.2) is 5.78 Å². The number of ketones is 2. The second-order valence-corrected chi connectivity index (χ2v) is 5.27. The lowest BCUT2D eigenvalue weighted by Crippen LogP contribution is -2.38. The van der Waals surface area contributed by atoms with E-state index in [-0.39, 0.29) is 11.6 Å². The second-order valence-electron chi connectivity index (χ2n) is 5.27. The van der Waals surface area contributed by atoms with Crippen molar-refractivity contribution < 1.29 is 9.59 Å². The third-order valence-electron chi connectivity index (χ3n) is 4.39. The topological polar surface area (TPSA) is 47.0 Å². The summed E-state index contributed by atoms with van der Waals surface area (Å²) in [6.07, 6.45) is 3.16. The highest BCUT2D eigenvalue weighted by molar-refractivity contribution is 6.19. The Bertz CT molecular complexity index is 666. The minimum absolute atomic E-state index is 0.0263. The highest BCUT2D eigenvalue weighted by atomic mass is 16.2. The molecule has 1 heterocycles. The van der Waals surface area contributed by atoms with Crippen molar-refractivity contribution in [1.82, 2.24) is 4.98 Å². The summed E-state index contributed by atoms with van der Waals surface area (Å²) < 4.78 is 0. The maximum Gasteiger partial charge on any atom is 0.177 e. The molecule has 0 bridgehead atoms. The third-order valence-corrected chi connectivity index (χ3v) is 4.39. The van der Waals surface area contributed by atoms with Crippen LogP contribution >= 0.6 is 0 Å². The molecule has 0 aliphatic rings. The van der Waals surface area contributed by atoms with Crippen molar-refractivity contribution in [3.05, 3.63) is 42.1 Å². The van der Waals surface area contributed by atoms with E-state index in [1.807, 2.05) is 45.0 Å². The molecule has 1 aromatic heterocycles. The zero-order chi connectivity index (χ0) is 15.5. The monoisotopic (exact) mass is 283 g/mol. The van der Waals surface area contributed by atoms with Crippen LogP contribution in [0.1, 0.15) is 50.4 Å². The number of rotatable bonds is 6. The van der Waals surface area contributed by atoms with E-state index in [2.05, 4.69) is 4.98 Å². The van der Waals surface area contributed by atoms with Gasteiger partial charge in [0.25, 0.3) is 0 Å². The Morgan fingerprint density at radius 1 is 1.05 bits per heavy atom. The van der Waals surface area contributed by atoms with Gasteiger partial charge < -0.3 is 0 Å². The molecule has 3 heteroatoms. The van der Waals surface area contributed by atoms with Crippen molar-refractivity contribution >= 4 is 22.5 Å². The van der Waals surface area contributed by atoms with Crippen LogP contribution in [0, 0.1) is 5.41 Å². The van der Waals surface area contributed by atoms with E-state index in [4.69, 9.17) is 0 Å². The Hall–Kier alpha value is -2.03. The molecule has 0 fully saturated rings. The maximum atomic E-state index is 13.1. The zero-order valence-corrected chi connectivity index (χ0v) is 12.8. The molecular formula is C18H21NO2. The Kier molecular flexibility index (Phi) is 4.51. The number of carbonyl (C=O) groups is 2. The molecule has 0 spiro atoms. The third kappa shape index (κ3) is 2.48. The molecule has 21 heavy (non-hydrogen) atoms. The van der Waals surface area contributed by atoms with Gasteiger partial charge >= 0.3 is 0 Å². The summed E-state index contributed by atoms with van der Waals surface area (Å²) in [6, 6.07) is 9.22. The van der Waals surface area contributed by atoms with E-state index >= 15 is 0 Å². The van der Waals surface area contributed by atoms with Gasteiger partial charge in [-0.25, -0.2) is 0 Å². The summed E-state index contributed by atoms with van der Waals surface area (Å²) in [5, 5.41) is 0.820. The van der Waals surface area contributed by atoms with E-state index in [1.54, 1.807) is 12.3 Å². The molecule has 2 rings (SSSR count). The van der Waals surface area contributed by atoms with Crippen molar-refractivity contribution in [2.45, 2.75) is 40.0 Å². The van der Waals surface area contributed by atoms with Crippen LogP contribution in [-0.2, 0) is 4.79 Å². The van der Waals surface area contributed by atoms with Gasteiger partial charge in [-0.2, -0.15) is 0 Å². The van der Waals surface area contributed by atoms with E-state index in [1.165, 1.54) is 0 Å². The van der Waals surface area contributed by atoms with Gasteiger partial charge in [-0.3, -0.25) is 14.6 Å². The van der Waals surface area contributed by atoms with Crippen LogP contribution in [0.3, 0.4) is 0 Å². The minimum atomic E-state index is -0.904. The highest BCUT2D eigenvalue weighted by Gasteiger charge is 2.41. The molecular weight excluding hydrogens is 262 g/mol. The van der Waals surface area contributed by atoms with Crippen molar-refractivity contribution in [2.75, 3.05) is 0 Å². The number of hydrogen-bond donors (Lipinski definition) is 0.